The number of rotatable bonds is 3. The third-order valence-electron chi connectivity index (χ3n) is 2.70. The van der Waals surface area contributed by atoms with Crippen LogP contribution in [0.25, 0.3) is 0 Å². The van der Waals surface area contributed by atoms with Crippen molar-refractivity contribution in [1.82, 2.24) is 0 Å². The van der Waals surface area contributed by atoms with Gasteiger partial charge < -0.3 is 9.64 Å². The van der Waals surface area contributed by atoms with E-state index in [2.05, 4.69) is 26.9 Å². The number of halogens is 2. The Bertz CT molecular complexity index is 353. The van der Waals surface area contributed by atoms with Gasteiger partial charge in [0.2, 0.25) is 0 Å². The molecule has 0 N–H and O–H groups in total. The van der Waals surface area contributed by atoms with Crippen LogP contribution in [-0.4, -0.2) is 31.6 Å². The smallest absolute Gasteiger partial charge is 0.125 e. The van der Waals surface area contributed by atoms with E-state index in [4.69, 9.17) is 4.74 Å². The fourth-order valence-electron chi connectivity index (χ4n) is 1.89. The molecular formula is C12H15BrFNO. The van der Waals surface area contributed by atoms with Gasteiger partial charge in [-0.1, -0.05) is 15.9 Å². The minimum atomic E-state index is -0.153. The van der Waals surface area contributed by atoms with Gasteiger partial charge in [0.1, 0.15) is 5.82 Å². The Morgan fingerprint density at radius 2 is 2.00 bits per heavy atom. The maximum atomic E-state index is 13.4. The van der Waals surface area contributed by atoms with Crippen molar-refractivity contribution in [3.05, 3.63) is 29.6 Å². The summed E-state index contributed by atoms with van der Waals surface area (Å²) in [4.78, 5) is 2.17. The van der Waals surface area contributed by atoms with E-state index in [0.717, 1.165) is 49.3 Å². The molecule has 4 heteroatoms. The summed E-state index contributed by atoms with van der Waals surface area (Å²) in [7, 11) is 0. The molecule has 1 fully saturated rings. The summed E-state index contributed by atoms with van der Waals surface area (Å²) in [5.41, 5.74) is 2.01. The Morgan fingerprint density at radius 1 is 1.25 bits per heavy atom. The van der Waals surface area contributed by atoms with E-state index in [1.165, 1.54) is 0 Å². The van der Waals surface area contributed by atoms with Crippen molar-refractivity contribution < 1.29 is 9.13 Å². The second-order valence-electron chi connectivity index (χ2n) is 3.86. The van der Waals surface area contributed by atoms with Gasteiger partial charge in [-0.15, -0.1) is 0 Å². The summed E-state index contributed by atoms with van der Waals surface area (Å²) in [5, 5.41) is 0.860. The molecule has 0 unspecified atom stereocenters. The van der Waals surface area contributed by atoms with Crippen molar-refractivity contribution in [3.8, 4) is 0 Å². The highest BCUT2D eigenvalue weighted by molar-refractivity contribution is 9.09. The van der Waals surface area contributed by atoms with Crippen molar-refractivity contribution in [2.45, 2.75) is 6.42 Å². The van der Waals surface area contributed by atoms with Crippen LogP contribution >= 0.6 is 15.9 Å². The molecule has 1 heterocycles. The number of morpholine rings is 1. The van der Waals surface area contributed by atoms with Crippen LogP contribution in [0.15, 0.2) is 18.2 Å². The number of nitrogens with zero attached hydrogens (tertiary/aromatic N) is 1. The van der Waals surface area contributed by atoms with Crippen molar-refractivity contribution in [2.75, 3.05) is 36.5 Å². The molecule has 1 aliphatic heterocycles. The van der Waals surface area contributed by atoms with Crippen LogP contribution in [0.1, 0.15) is 5.56 Å². The van der Waals surface area contributed by atoms with Crippen LogP contribution in [-0.2, 0) is 11.2 Å². The molecule has 1 aliphatic rings. The molecule has 0 spiro atoms. The minimum Gasteiger partial charge on any atom is -0.378 e. The Morgan fingerprint density at radius 3 is 2.69 bits per heavy atom. The van der Waals surface area contributed by atoms with E-state index >= 15 is 0 Å². The number of ether oxygens (including phenoxy) is 1. The van der Waals surface area contributed by atoms with Crippen LogP contribution in [0.3, 0.4) is 0 Å². The normalized spacial score (nSPS) is 16.5. The Labute approximate surface area is 104 Å². The molecular weight excluding hydrogens is 273 g/mol. The lowest BCUT2D eigenvalue weighted by Gasteiger charge is -2.29. The van der Waals surface area contributed by atoms with Gasteiger partial charge in [0.05, 0.1) is 13.2 Å². The number of hydrogen-bond donors (Lipinski definition) is 0. The standard InChI is InChI=1S/C12H15BrFNO/c13-2-1-10-7-11(14)9-12(8-10)15-3-5-16-6-4-15/h7-9H,1-6H2. The molecule has 1 aromatic rings. The summed E-state index contributed by atoms with van der Waals surface area (Å²) in [6, 6.07) is 5.27. The largest absolute Gasteiger partial charge is 0.378 e. The van der Waals surface area contributed by atoms with Gasteiger partial charge in [-0.25, -0.2) is 4.39 Å². The monoisotopic (exact) mass is 287 g/mol. The molecule has 2 rings (SSSR count). The number of aryl methyl sites for hydroxylation is 1. The Hall–Kier alpha value is -0.610. The Balaban J connectivity index is 2.18. The SMILES string of the molecule is Fc1cc(CCBr)cc(N2CCOCC2)c1. The highest BCUT2D eigenvalue weighted by Gasteiger charge is 2.12. The van der Waals surface area contributed by atoms with E-state index in [-0.39, 0.29) is 5.82 Å². The first kappa shape index (κ1) is 11.9. The zero-order valence-electron chi connectivity index (χ0n) is 9.09. The predicted molar refractivity (Wildman–Crippen MR) is 66.9 cm³/mol. The minimum absolute atomic E-state index is 0.153. The molecule has 1 aromatic carbocycles. The van der Waals surface area contributed by atoms with Crippen LogP contribution < -0.4 is 4.90 Å². The molecule has 0 aromatic heterocycles. The maximum absolute atomic E-state index is 13.4. The molecule has 0 amide bonds. The van der Waals surface area contributed by atoms with Crippen molar-refractivity contribution in [2.24, 2.45) is 0 Å². The van der Waals surface area contributed by atoms with Crippen molar-refractivity contribution >= 4 is 21.6 Å². The number of benzene rings is 1. The number of hydrogen-bond acceptors (Lipinski definition) is 2. The first-order chi connectivity index (χ1) is 7.79. The zero-order valence-corrected chi connectivity index (χ0v) is 10.7. The first-order valence-electron chi connectivity index (χ1n) is 5.48. The van der Waals surface area contributed by atoms with Crippen molar-refractivity contribution in [3.63, 3.8) is 0 Å². The van der Waals surface area contributed by atoms with Gasteiger partial charge in [-0.05, 0) is 30.2 Å². The summed E-state index contributed by atoms with van der Waals surface area (Å²) in [5.74, 6) is -0.153. The van der Waals surface area contributed by atoms with E-state index < -0.39 is 0 Å². The molecule has 88 valence electrons. The second kappa shape index (κ2) is 5.64. The molecule has 16 heavy (non-hydrogen) atoms. The third kappa shape index (κ3) is 2.95. The number of anilines is 1. The lowest BCUT2D eigenvalue weighted by molar-refractivity contribution is 0.122. The molecule has 0 atom stereocenters. The summed E-state index contributed by atoms with van der Waals surface area (Å²) < 4.78 is 18.7. The van der Waals surface area contributed by atoms with E-state index in [1.807, 2.05) is 0 Å². The van der Waals surface area contributed by atoms with Crippen LogP contribution in [0.4, 0.5) is 10.1 Å². The van der Waals surface area contributed by atoms with E-state index in [0.29, 0.717) is 0 Å². The molecule has 0 bridgehead atoms. The number of alkyl halides is 1. The zero-order chi connectivity index (χ0) is 11.4. The quantitative estimate of drug-likeness (QED) is 0.793. The topological polar surface area (TPSA) is 12.5 Å². The summed E-state index contributed by atoms with van der Waals surface area (Å²) in [6.45, 7) is 3.14. The summed E-state index contributed by atoms with van der Waals surface area (Å²) >= 11 is 3.38. The summed E-state index contributed by atoms with van der Waals surface area (Å²) in [6.07, 6.45) is 0.856. The maximum Gasteiger partial charge on any atom is 0.125 e. The molecule has 0 saturated carbocycles. The van der Waals surface area contributed by atoms with E-state index in [1.54, 1.807) is 12.1 Å². The van der Waals surface area contributed by atoms with Gasteiger partial charge in [-0.3, -0.25) is 0 Å². The van der Waals surface area contributed by atoms with Gasteiger partial charge in [0, 0.05) is 24.1 Å². The van der Waals surface area contributed by atoms with Crippen LogP contribution in [0.5, 0.6) is 0 Å². The van der Waals surface area contributed by atoms with Crippen LogP contribution in [0.2, 0.25) is 0 Å². The fourth-order valence-corrected chi connectivity index (χ4v) is 2.35. The van der Waals surface area contributed by atoms with Gasteiger partial charge in [-0.2, -0.15) is 0 Å². The van der Waals surface area contributed by atoms with Gasteiger partial charge >= 0.3 is 0 Å². The third-order valence-corrected chi connectivity index (χ3v) is 3.10. The highest BCUT2D eigenvalue weighted by atomic mass is 79.9. The fraction of sp³-hybridized carbons (Fsp3) is 0.500. The van der Waals surface area contributed by atoms with Crippen molar-refractivity contribution in [1.29, 1.82) is 0 Å². The molecule has 1 saturated heterocycles. The Kier molecular flexibility index (Phi) is 4.18. The van der Waals surface area contributed by atoms with Gasteiger partial charge in [0.25, 0.3) is 0 Å². The van der Waals surface area contributed by atoms with E-state index in [9.17, 15) is 4.39 Å². The first-order valence-corrected chi connectivity index (χ1v) is 6.60. The van der Waals surface area contributed by atoms with Crippen LogP contribution in [0, 0.1) is 5.82 Å². The lowest BCUT2D eigenvalue weighted by Crippen LogP contribution is -2.36. The second-order valence-corrected chi connectivity index (χ2v) is 4.65. The molecule has 0 aliphatic carbocycles. The average molecular weight is 288 g/mol. The highest BCUT2D eigenvalue weighted by Crippen LogP contribution is 2.20. The molecule has 0 radical (unpaired) electrons. The lowest BCUT2D eigenvalue weighted by atomic mass is 10.1. The van der Waals surface area contributed by atoms with Gasteiger partial charge in [0.15, 0.2) is 0 Å². The predicted octanol–water partition coefficient (Wildman–Crippen LogP) is 2.60. The molecule has 2 nitrogen and oxygen atoms in total. The average Bonchev–Trinajstić information content (AvgIpc) is 2.30.